The molecule has 11 heavy (non-hydrogen) atoms. The lowest BCUT2D eigenvalue weighted by Crippen LogP contribution is -2.15. The largest absolute Gasteiger partial charge is 0.426 e. The monoisotopic (exact) mass is 274 g/mol. The summed E-state index contributed by atoms with van der Waals surface area (Å²) in [6.45, 7) is 2.27. The van der Waals surface area contributed by atoms with Crippen molar-refractivity contribution in [1.82, 2.24) is 0 Å². The SMILES string of the molecule is COCCOC(I)OC(C)=O. The molecule has 0 aliphatic carbocycles. The molecule has 0 heterocycles. The van der Waals surface area contributed by atoms with Gasteiger partial charge in [-0.25, -0.2) is 0 Å². The third-order valence-corrected chi connectivity index (χ3v) is 1.41. The molecule has 0 aliphatic rings. The first-order chi connectivity index (χ1) is 5.16. The molecule has 0 spiro atoms. The minimum absolute atomic E-state index is 0.346. The number of carbonyl (C=O) groups is 1. The summed E-state index contributed by atoms with van der Waals surface area (Å²) in [5.74, 6) is -0.346. The van der Waals surface area contributed by atoms with E-state index >= 15 is 0 Å². The van der Waals surface area contributed by atoms with Gasteiger partial charge in [-0.3, -0.25) is 4.79 Å². The maximum absolute atomic E-state index is 10.3. The van der Waals surface area contributed by atoms with Gasteiger partial charge in [0.1, 0.15) is 0 Å². The fraction of sp³-hybridized carbons (Fsp3) is 0.833. The highest BCUT2D eigenvalue weighted by Gasteiger charge is 2.05. The van der Waals surface area contributed by atoms with E-state index in [0.29, 0.717) is 13.2 Å². The summed E-state index contributed by atoms with van der Waals surface area (Å²) in [7, 11) is 1.58. The Hall–Kier alpha value is 0.120. The Kier molecular flexibility index (Phi) is 6.88. The van der Waals surface area contributed by atoms with Gasteiger partial charge in [0.15, 0.2) is 0 Å². The predicted molar refractivity (Wildman–Crippen MR) is 47.4 cm³/mol. The zero-order chi connectivity index (χ0) is 8.69. The predicted octanol–water partition coefficient (Wildman–Crippen LogP) is 0.931. The minimum Gasteiger partial charge on any atom is -0.426 e. The number of ether oxygens (including phenoxy) is 3. The first kappa shape index (κ1) is 11.1. The fourth-order valence-electron chi connectivity index (χ4n) is 0.389. The van der Waals surface area contributed by atoms with E-state index in [2.05, 4.69) is 4.74 Å². The van der Waals surface area contributed by atoms with Gasteiger partial charge in [-0.15, -0.1) is 0 Å². The van der Waals surface area contributed by atoms with E-state index in [1.165, 1.54) is 6.92 Å². The Balaban J connectivity index is 3.22. The normalized spacial score (nSPS) is 12.6. The highest BCUT2D eigenvalue weighted by Crippen LogP contribution is 2.04. The van der Waals surface area contributed by atoms with Gasteiger partial charge < -0.3 is 14.2 Å². The quantitative estimate of drug-likeness (QED) is 0.246. The average molecular weight is 274 g/mol. The second-order valence-electron chi connectivity index (χ2n) is 1.75. The molecule has 0 N–H and O–H groups in total. The van der Waals surface area contributed by atoms with Crippen molar-refractivity contribution >= 4 is 28.6 Å². The molecule has 0 saturated carbocycles. The summed E-state index contributed by atoms with van der Waals surface area (Å²) in [5, 5.41) is 0. The molecular formula is C6H11IO4. The molecule has 0 aromatic rings. The summed E-state index contributed by atoms with van der Waals surface area (Å²) in [6.07, 6.45) is 0. The summed E-state index contributed by atoms with van der Waals surface area (Å²) in [4.78, 5) is 10.3. The van der Waals surface area contributed by atoms with Crippen LogP contribution in [0.5, 0.6) is 0 Å². The molecule has 0 aromatic heterocycles. The van der Waals surface area contributed by atoms with Crippen molar-refractivity contribution in [1.29, 1.82) is 0 Å². The van der Waals surface area contributed by atoms with Crippen LogP contribution in [-0.4, -0.2) is 30.6 Å². The van der Waals surface area contributed by atoms with Crippen molar-refractivity contribution < 1.29 is 19.0 Å². The Morgan fingerprint density at radius 3 is 2.64 bits per heavy atom. The lowest BCUT2D eigenvalue weighted by molar-refractivity contribution is -0.157. The van der Waals surface area contributed by atoms with Gasteiger partial charge in [0.2, 0.25) is 0 Å². The second-order valence-corrected chi connectivity index (χ2v) is 2.76. The third kappa shape index (κ3) is 8.02. The molecule has 0 fully saturated rings. The Labute approximate surface area is 79.3 Å². The van der Waals surface area contributed by atoms with E-state index in [0.717, 1.165) is 0 Å². The number of alkyl halides is 1. The van der Waals surface area contributed by atoms with Crippen LogP contribution < -0.4 is 0 Å². The van der Waals surface area contributed by atoms with Gasteiger partial charge in [-0.05, 0) is 22.6 Å². The molecule has 1 unspecified atom stereocenters. The van der Waals surface area contributed by atoms with Gasteiger partial charge in [0.25, 0.3) is 4.30 Å². The van der Waals surface area contributed by atoms with Crippen LogP contribution in [0.1, 0.15) is 6.92 Å². The molecule has 1 atom stereocenters. The number of hydrogen-bond donors (Lipinski definition) is 0. The summed E-state index contributed by atoms with van der Waals surface area (Å²) >= 11 is 1.88. The molecule has 0 saturated heterocycles. The topological polar surface area (TPSA) is 44.8 Å². The van der Waals surface area contributed by atoms with E-state index in [1.807, 2.05) is 22.6 Å². The highest BCUT2D eigenvalue weighted by atomic mass is 127. The average Bonchev–Trinajstić information content (AvgIpc) is 1.86. The molecule has 0 radical (unpaired) electrons. The third-order valence-electron chi connectivity index (χ3n) is 0.795. The standard InChI is InChI=1S/C6H11IO4/c1-5(8)11-6(7)10-4-3-9-2/h6H,3-4H2,1-2H3. The molecule has 4 nitrogen and oxygen atoms in total. The van der Waals surface area contributed by atoms with Crippen LogP contribution in [0.2, 0.25) is 0 Å². The lowest BCUT2D eigenvalue weighted by atomic mass is 10.8. The van der Waals surface area contributed by atoms with Crippen LogP contribution in [0.3, 0.4) is 0 Å². The van der Waals surface area contributed by atoms with Gasteiger partial charge in [-0.2, -0.15) is 0 Å². The zero-order valence-electron chi connectivity index (χ0n) is 6.50. The lowest BCUT2D eigenvalue weighted by Gasteiger charge is -2.09. The van der Waals surface area contributed by atoms with Gasteiger partial charge in [-0.1, -0.05) is 0 Å². The second kappa shape index (κ2) is 6.81. The molecule has 0 rings (SSSR count). The first-order valence-corrected chi connectivity index (χ1v) is 4.33. The van der Waals surface area contributed by atoms with Crippen molar-refractivity contribution in [3.63, 3.8) is 0 Å². The van der Waals surface area contributed by atoms with Crippen molar-refractivity contribution in [2.24, 2.45) is 0 Å². The molecule has 5 heteroatoms. The van der Waals surface area contributed by atoms with Gasteiger partial charge in [0, 0.05) is 14.0 Å². The summed E-state index contributed by atoms with van der Waals surface area (Å²) in [5.41, 5.74) is 0. The number of methoxy groups -OCH3 is 1. The molecule has 0 aliphatic heterocycles. The number of hydrogen-bond acceptors (Lipinski definition) is 4. The Bertz CT molecular complexity index is 117. The summed E-state index contributed by atoms with van der Waals surface area (Å²) < 4.78 is 13.9. The van der Waals surface area contributed by atoms with Gasteiger partial charge in [0.05, 0.1) is 13.2 Å². The maximum atomic E-state index is 10.3. The van der Waals surface area contributed by atoms with Gasteiger partial charge >= 0.3 is 5.97 Å². The van der Waals surface area contributed by atoms with Crippen LogP contribution in [-0.2, 0) is 19.0 Å². The number of carbonyl (C=O) groups excluding carboxylic acids is 1. The molecule has 66 valence electrons. The van der Waals surface area contributed by atoms with Crippen LogP contribution >= 0.6 is 22.6 Å². The van der Waals surface area contributed by atoms with E-state index in [-0.39, 0.29) is 5.97 Å². The number of halogens is 1. The van der Waals surface area contributed by atoms with E-state index in [4.69, 9.17) is 9.47 Å². The van der Waals surface area contributed by atoms with E-state index in [9.17, 15) is 4.79 Å². The molecule has 0 aromatic carbocycles. The van der Waals surface area contributed by atoms with Crippen molar-refractivity contribution in [2.75, 3.05) is 20.3 Å². The van der Waals surface area contributed by atoms with E-state index < -0.39 is 4.30 Å². The highest BCUT2D eigenvalue weighted by molar-refractivity contribution is 14.1. The summed E-state index contributed by atoms with van der Waals surface area (Å²) in [6, 6.07) is 0. The van der Waals surface area contributed by atoms with Crippen molar-refractivity contribution in [2.45, 2.75) is 11.2 Å². The van der Waals surface area contributed by atoms with Crippen LogP contribution in [0, 0.1) is 0 Å². The Morgan fingerprint density at radius 1 is 1.55 bits per heavy atom. The smallest absolute Gasteiger partial charge is 0.305 e. The fourth-order valence-corrected chi connectivity index (χ4v) is 1.00. The molecule has 0 bridgehead atoms. The van der Waals surface area contributed by atoms with E-state index in [1.54, 1.807) is 7.11 Å². The first-order valence-electron chi connectivity index (χ1n) is 3.08. The van der Waals surface area contributed by atoms with Crippen LogP contribution in [0.25, 0.3) is 0 Å². The molecular weight excluding hydrogens is 263 g/mol. The molecule has 0 amide bonds. The Morgan fingerprint density at radius 2 is 2.18 bits per heavy atom. The van der Waals surface area contributed by atoms with Crippen molar-refractivity contribution in [3.05, 3.63) is 0 Å². The minimum atomic E-state index is -0.514. The van der Waals surface area contributed by atoms with Crippen molar-refractivity contribution in [3.8, 4) is 0 Å². The number of rotatable bonds is 5. The number of esters is 1. The maximum Gasteiger partial charge on any atom is 0.305 e. The van der Waals surface area contributed by atoms with Crippen LogP contribution in [0.15, 0.2) is 0 Å². The van der Waals surface area contributed by atoms with Crippen LogP contribution in [0.4, 0.5) is 0 Å². The zero-order valence-corrected chi connectivity index (χ0v) is 8.66.